The maximum absolute atomic E-state index is 6.08. The van der Waals surface area contributed by atoms with Crippen LogP contribution in [0.2, 0.25) is 5.15 Å². The predicted octanol–water partition coefficient (Wildman–Crippen LogP) is 4.10. The molecule has 0 aliphatic rings. The molecule has 3 aromatic rings. The van der Waals surface area contributed by atoms with Crippen molar-refractivity contribution >= 4 is 43.9 Å². The molecule has 0 fully saturated rings. The van der Waals surface area contributed by atoms with Crippen LogP contribution in [0.15, 0.2) is 35.7 Å². The van der Waals surface area contributed by atoms with Crippen molar-refractivity contribution in [1.29, 1.82) is 0 Å². The number of rotatable bonds is 0. The minimum atomic E-state index is 0.605. The Labute approximate surface area is 90.0 Å². The maximum Gasteiger partial charge on any atom is 0.147 e. The molecule has 0 radical (unpaired) electrons. The largest absolute Gasteiger partial charge is 0.235 e. The molecule has 3 rings (SSSR count). The van der Waals surface area contributed by atoms with Crippen LogP contribution in [0.4, 0.5) is 0 Å². The van der Waals surface area contributed by atoms with E-state index < -0.39 is 0 Å². The standard InChI is InChI=1S/C11H6ClNS/c12-11-10-8(5-6-14-10)7-3-1-2-4-9(7)13-11/h1-6H. The van der Waals surface area contributed by atoms with Gasteiger partial charge in [0.2, 0.25) is 0 Å². The molecule has 2 heterocycles. The lowest BCUT2D eigenvalue weighted by atomic mass is 10.1. The summed E-state index contributed by atoms with van der Waals surface area (Å²) in [5.41, 5.74) is 0.961. The van der Waals surface area contributed by atoms with Gasteiger partial charge in [-0.05, 0) is 17.5 Å². The van der Waals surface area contributed by atoms with E-state index in [-0.39, 0.29) is 0 Å². The van der Waals surface area contributed by atoms with Crippen LogP contribution in [0, 0.1) is 0 Å². The number of benzene rings is 1. The third kappa shape index (κ3) is 1.04. The highest BCUT2D eigenvalue weighted by Crippen LogP contribution is 2.32. The van der Waals surface area contributed by atoms with E-state index in [0.717, 1.165) is 10.2 Å². The van der Waals surface area contributed by atoms with Crippen LogP contribution in [0.5, 0.6) is 0 Å². The molecule has 0 aliphatic carbocycles. The first-order valence-electron chi connectivity index (χ1n) is 4.28. The molecule has 0 saturated carbocycles. The Hall–Kier alpha value is -1.12. The van der Waals surface area contributed by atoms with Crippen molar-refractivity contribution in [3.05, 3.63) is 40.9 Å². The first-order valence-corrected chi connectivity index (χ1v) is 5.53. The number of pyridine rings is 1. The molecular formula is C11H6ClNS. The van der Waals surface area contributed by atoms with E-state index in [1.165, 1.54) is 10.8 Å². The Morgan fingerprint density at radius 3 is 2.86 bits per heavy atom. The highest BCUT2D eigenvalue weighted by molar-refractivity contribution is 7.18. The van der Waals surface area contributed by atoms with Crippen molar-refractivity contribution in [2.45, 2.75) is 0 Å². The molecule has 0 amide bonds. The molecule has 1 nitrogen and oxygen atoms in total. The molecule has 0 bridgehead atoms. The van der Waals surface area contributed by atoms with Gasteiger partial charge < -0.3 is 0 Å². The van der Waals surface area contributed by atoms with Gasteiger partial charge in [0.1, 0.15) is 5.15 Å². The molecule has 0 N–H and O–H groups in total. The van der Waals surface area contributed by atoms with Crippen molar-refractivity contribution in [2.24, 2.45) is 0 Å². The lowest BCUT2D eigenvalue weighted by Gasteiger charge is -1.99. The summed E-state index contributed by atoms with van der Waals surface area (Å²) in [7, 11) is 0. The Morgan fingerprint density at radius 1 is 1.07 bits per heavy atom. The fourth-order valence-corrected chi connectivity index (χ4v) is 2.75. The van der Waals surface area contributed by atoms with Gasteiger partial charge in [0.15, 0.2) is 0 Å². The molecule has 0 aliphatic heterocycles. The van der Waals surface area contributed by atoms with Crippen molar-refractivity contribution < 1.29 is 0 Å². The van der Waals surface area contributed by atoms with E-state index in [0.29, 0.717) is 5.15 Å². The first-order chi connectivity index (χ1) is 6.86. The summed E-state index contributed by atoms with van der Waals surface area (Å²) >= 11 is 7.71. The van der Waals surface area contributed by atoms with E-state index in [2.05, 4.69) is 17.1 Å². The van der Waals surface area contributed by atoms with Crippen LogP contribution >= 0.6 is 22.9 Å². The number of fused-ring (bicyclic) bond motifs is 3. The smallest absolute Gasteiger partial charge is 0.147 e. The Kier molecular flexibility index (Phi) is 1.72. The average Bonchev–Trinajstić information content (AvgIpc) is 2.67. The summed E-state index contributed by atoms with van der Waals surface area (Å²) in [6.07, 6.45) is 0. The van der Waals surface area contributed by atoms with Gasteiger partial charge in [0.05, 0.1) is 10.2 Å². The molecule has 2 aromatic heterocycles. The van der Waals surface area contributed by atoms with Crippen LogP contribution in [0.3, 0.4) is 0 Å². The molecule has 1 aromatic carbocycles. The lowest BCUT2D eigenvalue weighted by Crippen LogP contribution is -1.79. The number of hydrogen-bond donors (Lipinski definition) is 0. The van der Waals surface area contributed by atoms with Crippen LogP contribution in [0.25, 0.3) is 21.0 Å². The zero-order chi connectivity index (χ0) is 9.54. The Balaban J connectivity index is 2.66. The van der Waals surface area contributed by atoms with Crippen LogP contribution in [-0.4, -0.2) is 4.98 Å². The molecular weight excluding hydrogens is 214 g/mol. The topological polar surface area (TPSA) is 12.9 Å². The van der Waals surface area contributed by atoms with Crippen molar-refractivity contribution in [1.82, 2.24) is 4.98 Å². The van der Waals surface area contributed by atoms with Crippen LogP contribution < -0.4 is 0 Å². The number of halogens is 1. The van der Waals surface area contributed by atoms with Gasteiger partial charge in [-0.15, -0.1) is 11.3 Å². The maximum atomic E-state index is 6.08. The first kappa shape index (κ1) is 8.21. The molecule has 68 valence electrons. The predicted molar refractivity (Wildman–Crippen MR) is 62.1 cm³/mol. The number of hydrogen-bond acceptors (Lipinski definition) is 2. The quantitative estimate of drug-likeness (QED) is 0.519. The van der Waals surface area contributed by atoms with Crippen LogP contribution in [0.1, 0.15) is 0 Å². The van der Waals surface area contributed by atoms with Crippen molar-refractivity contribution in [3.8, 4) is 0 Å². The van der Waals surface area contributed by atoms with Crippen molar-refractivity contribution in [3.63, 3.8) is 0 Å². The van der Waals surface area contributed by atoms with Gasteiger partial charge in [0.25, 0.3) is 0 Å². The number of para-hydroxylation sites is 1. The minimum absolute atomic E-state index is 0.605. The zero-order valence-corrected chi connectivity index (χ0v) is 8.77. The number of aromatic nitrogens is 1. The molecule has 0 spiro atoms. The van der Waals surface area contributed by atoms with Crippen molar-refractivity contribution in [2.75, 3.05) is 0 Å². The minimum Gasteiger partial charge on any atom is -0.235 e. The second-order valence-corrected chi connectivity index (χ2v) is 4.36. The number of thiophene rings is 1. The zero-order valence-electron chi connectivity index (χ0n) is 7.20. The second-order valence-electron chi connectivity index (χ2n) is 3.08. The monoisotopic (exact) mass is 219 g/mol. The highest BCUT2D eigenvalue weighted by atomic mass is 35.5. The van der Waals surface area contributed by atoms with E-state index in [9.17, 15) is 0 Å². The van der Waals surface area contributed by atoms with Gasteiger partial charge in [0, 0.05) is 10.8 Å². The summed E-state index contributed by atoms with van der Waals surface area (Å²) in [4.78, 5) is 4.35. The second kappa shape index (κ2) is 2.94. The fraction of sp³-hybridized carbons (Fsp3) is 0. The molecule has 3 heteroatoms. The van der Waals surface area contributed by atoms with E-state index in [4.69, 9.17) is 11.6 Å². The van der Waals surface area contributed by atoms with E-state index in [1.807, 2.05) is 23.6 Å². The number of nitrogens with zero attached hydrogens (tertiary/aromatic N) is 1. The average molecular weight is 220 g/mol. The van der Waals surface area contributed by atoms with Gasteiger partial charge in [-0.2, -0.15) is 0 Å². The third-order valence-electron chi connectivity index (χ3n) is 2.27. The van der Waals surface area contributed by atoms with Gasteiger partial charge in [-0.25, -0.2) is 4.98 Å². The lowest BCUT2D eigenvalue weighted by molar-refractivity contribution is 1.45. The summed E-state index contributed by atoms with van der Waals surface area (Å²) in [5, 5.41) is 5.03. The van der Waals surface area contributed by atoms with Crippen LogP contribution in [-0.2, 0) is 0 Å². The normalized spacial score (nSPS) is 11.2. The summed E-state index contributed by atoms with van der Waals surface area (Å²) < 4.78 is 1.07. The Morgan fingerprint density at radius 2 is 1.93 bits per heavy atom. The van der Waals surface area contributed by atoms with Gasteiger partial charge >= 0.3 is 0 Å². The highest BCUT2D eigenvalue weighted by Gasteiger charge is 2.06. The fourth-order valence-electron chi connectivity index (χ4n) is 1.64. The third-order valence-corrected chi connectivity index (χ3v) is 3.57. The van der Waals surface area contributed by atoms with E-state index in [1.54, 1.807) is 11.3 Å². The van der Waals surface area contributed by atoms with Gasteiger partial charge in [-0.1, -0.05) is 29.8 Å². The molecule has 0 unspecified atom stereocenters. The molecule has 14 heavy (non-hydrogen) atoms. The SMILES string of the molecule is Clc1nc2ccccc2c2ccsc12. The van der Waals surface area contributed by atoms with E-state index >= 15 is 0 Å². The molecule has 0 saturated heterocycles. The summed E-state index contributed by atoms with van der Waals surface area (Å²) in [6, 6.07) is 10.2. The Bertz CT molecular complexity index is 615. The summed E-state index contributed by atoms with van der Waals surface area (Å²) in [5.74, 6) is 0. The molecule has 0 atom stereocenters. The summed E-state index contributed by atoms with van der Waals surface area (Å²) in [6.45, 7) is 0. The van der Waals surface area contributed by atoms with Gasteiger partial charge in [-0.3, -0.25) is 0 Å².